The molecule has 146 valence electrons. The molecule has 1 aromatic rings. The van der Waals surface area contributed by atoms with Crippen molar-refractivity contribution in [3.8, 4) is 0 Å². The lowest BCUT2D eigenvalue weighted by atomic mass is 10.2. The Hall–Kier alpha value is -1.60. The molecule has 26 heavy (non-hydrogen) atoms. The van der Waals surface area contributed by atoms with Gasteiger partial charge >= 0.3 is 0 Å². The maximum Gasteiger partial charge on any atom is 0.243 e. The predicted molar refractivity (Wildman–Crippen MR) is 107 cm³/mol. The van der Waals surface area contributed by atoms with Crippen LogP contribution in [0.1, 0.15) is 52.0 Å². The zero-order chi connectivity index (χ0) is 19.0. The third-order valence-corrected chi connectivity index (χ3v) is 6.51. The minimum atomic E-state index is -3.40. The van der Waals surface area contributed by atoms with Crippen molar-refractivity contribution < 1.29 is 8.42 Å². The fraction of sp³-hybridized carbons (Fsp3) is 0.632. The monoisotopic (exact) mass is 380 g/mol. The van der Waals surface area contributed by atoms with E-state index in [-0.39, 0.29) is 0 Å². The molecule has 1 unspecified atom stereocenters. The molecule has 0 spiro atoms. The molecule has 2 rings (SSSR count). The summed E-state index contributed by atoms with van der Waals surface area (Å²) in [6, 6.07) is 7.49. The Morgan fingerprint density at radius 3 is 2.62 bits per heavy atom. The normalized spacial score (nSPS) is 17.7. The van der Waals surface area contributed by atoms with E-state index < -0.39 is 10.0 Å². The van der Waals surface area contributed by atoms with Crippen LogP contribution in [0.5, 0.6) is 0 Å². The summed E-state index contributed by atoms with van der Waals surface area (Å²) in [5, 5.41) is 6.57. The molecule has 1 saturated heterocycles. The highest BCUT2D eigenvalue weighted by Crippen LogP contribution is 2.21. The van der Waals surface area contributed by atoms with Gasteiger partial charge in [-0.1, -0.05) is 25.5 Å². The van der Waals surface area contributed by atoms with Crippen molar-refractivity contribution in [1.82, 2.24) is 14.9 Å². The fourth-order valence-electron chi connectivity index (χ4n) is 2.88. The summed E-state index contributed by atoms with van der Waals surface area (Å²) in [5.41, 5.74) is 0.893. The molecule has 0 radical (unpaired) electrons. The number of sulfonamides is 1. The van der Waals surface area contributed by atoms with Crippen LogP contribution < -0.4 is 10.6 Å². The van der Waals surface area contributed by atoms with E-state index in [0.717, 1.165) is 43.8 Å². The molecular weight excluding hydrogens is 348 g/mol. The summed E-state index contributed by atoms with van der Waals surface area (Å²) < 4.78 is 27.3. The Labute approximate surface area is 158 Å². The van der Waals surface area contributed by atoms with Crippen molar-refractivity contribution in [2.75, 3.05) is 19.6 Å². The van der Waals surface area contributed by atoms with Crippen LogP contribution in [0.3, 0.4) is 0 Å². The molecule has 1 aromatic carbocycles. The number of aliphatic imine (C=N–C) groups is 1. The highest BCUT2D eigenvalue weighted by Gasteiger charge is 2.25. The molecule has 1 atom stereocenters. The highest BCUT2D eigenvalue weighted by molar-refractivity contribution is 7.89. The van der Waals surface area contributed by atoms with Crippen molar-refractivity contribution in [2.45, 2.75) is 63.9 Å². The van der Waals surface area contributed by atoms with E-state index in [1.807, 2.05) is 13.0 Å². The number of benzene rings is 1. The van der Waals surface area contributed by atoms with Gasteiger partial charge < -0.3 is 10.6 Å². The molecule has 1 heterocycles. The van der Waals surface area contributed by atoms with Crippen LogP contribution in [0.25, 0.3) is 0 Å². The minimum absolute atomic E-state index is 0.332. The summed E-state index contributed by atoms with van der Waals surface area (Å²) in [6.45, 7) is 8.72. The van der Waals surface area contributed by atoms with Gasteiger partial charge in [0.2, 0.25) is 10.0 Å². The lowest BCUT2D eigenvalue weighted by molar-refractivity contribution is 0.346. The molecule has 6 nitrogen and oxygen atoms in total. The van der Waals surface area contributed by atoms with Gasteiger partial charge in [0.1, 0.15) is 0 Å². The average Bonchev–Trinajstić information content (AvgIpc) is 2.67. The quantitative estimate of drug-likeness (QED) is 0.563. The number of nitrogens with one attached hydrogen (secondary N) is 2. The lowest BCUT2D eigenvalue weighted by Crippen LogP contribution is -2.41. The second kappa shape index (κ2) is 9.92. The van der Waals surface area contributed by atoms with E-state index in [1.54, 1.807) is 22.5 Å². The van der Waals surface area contributed by atoms with Gasteiger partial charge in [-0.05, 0) is 50.8 Å². The molecule has 1 aliphatic rings. The lowest BCUT2D eigenvalue weighted by Gasteiger charge is -2.26. The summed E-state index contributed by atoms with van der Waals surface area (Å²) in [5.74, 6) is 0.756. The zero-order valence-corrected chi connectivity index (χ0v) is 17.0. The number of rotatable bonds is 7. The van der Waals surface area contributed by atoms with Gasteiger partial charge in [-0.2, -0.15) is 4.31 Å². The van der Waals surface area contributed by atoms with E-state index in [2.05, 4.69) is 29.5 Å². The first-order chi connectivity index (χ1) is 12.5. The topological polar surface area (TPSA) is 73.8 Å². The number of hydrogen-bond donors (Lipinski definition) is 2. The van der Waals surface area contributed by atoms with Gasteiger partial charge in [-0.3, -0.25) is 0 Å². The van der Waals surface area contributed by atoms with Crippen molar-refractivity contribution in [3.63, 3.8) is 0 Å². The molecule has 1 fully saturated rings. The van der Waals surface area contributed by atoms with Gasteiger partial charge in [0.15, 0.2) is 5.96 Å². The van der Waals surface area contributed by atoms with E-state index in [0.29, 0.717) is 30.6 Å². The van der Waals surface area contributed by atoms with Gasteiger partial charge in [-0.15, -0.1) is 0 Å². The Balaban J connectivity index is 2.13. The standard InChI is InChI=1S/C19H32N4O2S/c1-4-16(3)22-19(20-5-2)21-15-17-10-9-11-18(14-17)26(24,25)23-12-7-6-8-13-23/h9-11,14,16H,4-8,12-13,15H2,1-3H3,(H2,20,21,22). The molecule has 0 aromatic heterocycles. The third kappa shape index (κ3) is 5.71. The molecule has 2 N–H and O–H groups in total. The van der Waals surface area contributed by atoms with Crippen molar-refractivity contribution in [2.24, 2.45) is 4.99 Å². The number of nitrogens with zero attached hydrogens (tertiary/aromatic N) is 2. The number of hydrogen-bond acceptors (Lipinski definition) is 3. The first-order valence-electron chi connectivity index (χ1n) is 9.61. The molecule has 0 amide bonds. The predicted octanol–water partition coefficient (Wildman–Crippen LogP) is 2.71. The van der Waals surface area contributed by atoms with Crippen molar-refractivity contribution in [3.05, 3.63) is 29.8 Å². The van der Waals surface area contributed by atoms with Crippen LogP contribution in [0.2, 0.25) is 0 Å². The largest absolute Gasteiger partial charge is 0.357 e. The molecule has 0 aliphatic carbocycles. The third-order valence-electron chi connectivity index (χ3n) is 4.61. The summed E-state index contributed by atoms with van der Waals surface area (Å²) >= 11 is 0. The van der Waals surface area contributed by atoms with E-state index in [9.17, 15) is 8.42 Å². The van der Waals surface area contributed by atoms with Crippen molar-refractivity contribution in [1.29, 1.82) is 0 Å². The first kappa shape index (κ1) is 20.7. The highest BCUT2D eigenvalue weighted by atomic mass is 32.2. The van der Waals surface area contributed by atoms with Crippen molar-refractivity contribution >= 4 is 16.0 Å². The summed E-state index contributed by atoms with van der Waals surface area (Å²) in [7, 11) is -3.40. The van der Waals surface area contributed by atoms with Crippen LogP contribution >= 0.6 is 0 Å². The molecule has 1 aliphatic heterocycles. The molecule has 7 heteroatoms. The van der Waals surface area contributed by atoms with Crippen LogP contribution in [0.4, 0.5) is 0 Å². The van der Waals surface area contributed by atoms with Gasteiger partial charge in [-0.25, -0.2) is 13.4 Å². The van der Waals surface area contributed by atoms with Crippen LogP contribution in [-0.2, 0) is 16.6 Å². The second-order valence-electron chi connectivity index (χ2n) is 6.76. The van der Waals surface area contributed by atoms with Crippen LogP contribution in [0.15, 0.2) is 34.2 Å². The van der Waals surface area contributed by atoms with Gasteiger partial charge in [0.05, 0.1) is 11.4 Å². The fourth-order valence-corrected chi connectivity index (χ4v) is 4.47. The molecular formula is C19H32N4O2S. The van der Waals surface area contributed by atoms with Crippen LogP contribution in [-0.4, -0.2) is 44.4 Å². The van der Waals surface area contributed by atoms with Gasteiger partial charge in [0.25, 0.3) is 0 Å². The molecule has 0 saturated carbocycles. The smallest absolute Gasteiger partial charge is 0.243 e. The zero-order valence-electron chi connectivity index (χ0n) is 16.2. The maximum atomic E-state index is 12.8. The van der Waals surface area contributed by atoms with Crippen LogP contribution in [0, 0.1) is 0 Å². The second-order valence-corrected chi connectivity index (χ2v) is 8.70. The first-order valence-corrected chi connectivity index (χ1v) is 11.0. The summed E-state index contributed by atoms with van der Waals surface area (Å²) in [4.78, 5) is 4.96. The maximum absolute atomic E-state index is 12.8. The van der Waals surface area contributed by atoms with E-state index in [1.165, 1.54) is 0 Å². The van der Waals surface area contributed by atoms with E-state index >= 15 is 0 Å². The Kier molecular flexibility index (Phi) is 7.90. The Bertz CT molecular complexity index is 697. The van der Waals surface area contributed by atoms with Gasteiger partial charge in [0, 0.05) is 25.7 Å². The molecule has 0 bridgehead atoms. The number of guanidine groups is 1. The minimum Gasteiger partial charge on any atom is -0.357 e. The average molecular weight is 381 g/mol. The van der Waals surface area contributed by atoms with E-state index in [4.69, 9.17) is 0 Å². The number of piperidine rings is 1. The Morgan fingerprint density at radius 2 is 1.96 bits per heavy atom. The summed E-state index contributed by atoms with van der Waals surface area (Å²) in [6.07, 6.45) is 4.00. The Morgan fingerprint density at radius 1 is 1.23 bits per heavy atom. The SMILES string of the molecule is CCNC(=NCc1cccc(S(=O)(=O)N2CCCCC2)c1)NC(C)CC.